The van der Waals surface area contributed by atoms with Crippen LogP contribution in [0.2, 0.25) is 0 Å². The molecule has 166 valence electrons. The molecule has 2 aromatic rings. The molecule has 3 rings (SSSR count). The van der Waals surface area contributed by atoms with Crippen LogP contribution in [0.1, 0.15) is 38.8 Å². The molecular weight excluding hydrogens is 396 g/mol. The lowest BCUT2D eigenvalue weighted by molar-refractivity contribution is -0.126. The topological polar surface area (TPSA) is 77.1 Å². The second-order valence-corrected chi connectivity index (χ2v) is 7.91. The number of carbonyl (C=O) groups excluding carboxylic acids is 2. The van der Waals surface area contributed by atoms with Gasteiger partial charge in [0, 0.05) is 24.7 Å². The van der Waals surface area contributed by atoms with Crippen LogP contribution < -0.4 is 24.4 Å². The highest BCUT2D eigenvalue weighted by molar-refractivity contribution is 6.00. The van der Waals surface area contributed by atoms with Crippen molar-refractivity contribution in [1.29, 1.82) is 0 Å². The highest BCUT2D eigenvalue weighted by Crippen LogP contribution is 2.34. The molecule has 7 nitrogen and oxygen atoms in total. The first-order valence-corrected chi connectivity index (χ1v) is 10.4. The Bertz CT molecular complexity index is 926. The fraction of sp³-hybridized carbons (Fsp3) is 0.417. The molecule has 1 aliphatic rings. The largest absolute Gasteiger partial charge is 0.493 e. The number of methoxy groups -OCH3 is 2. The van der Waals surface area contributed by atoms with E-state index in [4.69, 9.17) is 14.2 Å². The fourth-order valence-electron chi connectivity index (χ4n) is 3.65. The fourth-order valence-corrected chi connectivity index (χ4v) is 3.65. The molecule has 2 atom stereocenters. The summed E-state index contributed by atoms with van der Waals surface area (Å²) in [5.41, 5.74) is 1.66. The van der Waals surface area contributed by atoms with E-state index in [-0.39, 0.29) is 30.4 Å². The number of rotatable bonds is 8. The molecule has 7 heteroatoms. The summed E-state index contributed by atoms with van der Waals surface area (Å²) in [7, 11) is 3.11. The molecule has 0 saturated carbocycles. The Kier molecular flexibility index (Phi) is 7.05. The van der Waals surface area contributed by atoms with E-state index in [2.05, 4.69) is 5.32 Å². The molecule has 0 radical (unpaired) electrons. The lowest BCUT2D eigenvalue weighted by atomic mass is 10.0. The van der Waals surface area contributed by atoms with Crippen LogP contribution in [0.15, 0.2) is 42.5 Å². The van der Waals surface area contributed by atoms with Gasteiger partial charge in [-0.15, -0.1) is 0 Å². The smallest absolute Gasteiger partial charge is 0.227 e. The van der Waals surface area contributed by atoms with Crippen molar-refractivity contribution >= 4 is 17.5 Å². The number of hydrogen-bond donors (Lipinski definition) is 1. The van der Waals surface area contributed by atoms with Gasteiger partial charge in [-0.2, -0.15) is 0 Å². The van der Waals surface area contributed by atoms with Gasteiger partial charge in [-0.05, 0) is 50.6 Å². The highest BCUT2D eigenvalue weighted by Gasteiger charge is 2.36. The summed E-state index contributed by atoms with van der Waals surface area (Å²) in [4.78, 5) is 27.0. The molecule has 1 fully saturated rings. The SMILES string of the molecule is COc1ccc(N2CC(C(=O)NC(C)c3ccc(OC(C)C)cc3)CC2=O)cc1OC. The standard InChI is InChI=1S/C24H30N2O5/c1-15(2)31-20-9-6-17(7-10-20)16(3)25-24(28)18-12-23(27)26(14-18)19-8-11-21(29-4)22(13-19)30-5/h6-11,13,15-16,18H,12,14H2,1-5H3,(H,25,28). The molecular formula is C24H30N2O5. The summed E-state index contributed by atoms with van der Waals surface area (Å²) in [5, 5.41) is 3.03. The third-order valence-electron chi connectivity index (χ3n) is 5.29. The Morgan fingerprint density at radius 1 is 1.03 bits per heavy atom. The summed E-state index contributed by atoms with van der Waals surface area (Å²) in [6.45, 7) is 6.21. The van der Waals surface area contributed by atoms with Gasteiger partial charge in [0.25, 0.3) is 0 Å². The van der Waals surface area contributed by atoms with Gasteiger partial charge >= 0.3 is 0 Å². The number of anilines is 1. The number of carbonyl (C=O) groups is 2. The van der Waals surface area contributed by atoms with Crippen LogP contribution in [-0.2, 0) is 9.59 Å². The Labute approximate surface area is 183 Å². The van der Waals surface area contributed by atoms with Crippen LogP contribution in [0.3, 0.4) is 0 Å². The van der Waals surface area contributed by atoms with E-state index in [9.17, 15) is 9.59 Å². The second-order valence-electron chi connectivity index (χ2n) is 7.91. The first kappa shape index (κ1) is 22.5. The maximum Gasteiger partial charge on any atom is 0.227 e. The van der Waals surface area contributed by atoms with Gasteiger partial charge in [0.15, 0.2) is 11.5 Å². The van der Waals surface area contributed by atoms with E-state index < -0.39 is 5.92 Å². The molecule has 1 saturated heterocycles. The van der Waals surface area contributed by atoms with Crippen molar-refractivity contribution in [2.24, 2.45) is 5.92 Å². The normalized spacial score (nSPS) is 16.9. The number of nitrogens with one attached hydrogen (secondary N) is 1. The number of nitrogens with zero attached hydrogens (tertiary/aromatic N) is 1. The van der Waals surface area contributed by atoms with Gasteiger partial charge in [0.1, 0.15) is 5.75 Å². The molecule has 0 spiro atoms. The molecule has 1 N–H and O–H groups in total. The van der Waals surface area contributed by atoms with Gasteiger partial charge in [0.05, 0.1) is 32.3 Å². The minimum Gasteiger partial charge on any atom is -0.493 e. The summed E-state index contributed by atoms with van der Waals surface area (Å²) in [5.74, 6) is 1.29. The zero-order valence-corrected chi connectivity index (χ0v) is 18.7. The number of ether oxygens (including phenoxy) is 3. The predicted molar refractivity (Wildman–Crippen MR) is 119 cm³/mol. The number of benzene rings is 2. The van der Waals surface area contributed by atoms with Crippen molar-refractivity contribution in [3.8, 4) is 17.2 Å². The summed E-state index contributed by atoms with van der Waals surface area (Å²) >= 11 is 0. The van der Waals surface area contributed by atoms with Crippen LogP contribution in [-0.4, -0.2) is 38.7 Å². The van der Waals surface area contributed by atoms with E-state index >= 15 is 0 Å². The van der Waals surface area contributed by atoms with Crippen molar-refractivity contribution in [3.05, 3.63) is 48.0 Å². The third-order valence-corrected chi connectivity index (χ3v) is 5.29. The molecule has 1 aliphatic heterocycles. The minimum absolute atomic E-state index is 0.0878. The van der Waals surface area contributed by atoms with Crippen molar-refractivity contribution in [2.45, 2.75) is 39.3 Å². The van der Waals surface area contributed by atoms with Crippen molar-refractivity contribution in [1.82, 2.24) is 5.32 Å². The molecule has 2 amide bonds. The Hall–Kier alpha value is -3.22. The maximum atomic E-state index is 12.8. The molecule has 2 aromatic carbocycles. The van der Waals surface area contributed by atoms with Gasteiger partial charge in [-0.25, -0.2) is 0 Å². The van der Waals surface area contributed by atoms with E-state index in [1.807, 2.05) is 45.0 Å². The van der Waals surface area contributed by atoms with E-state index in [0.717, 1.165) is 11.3 Å². The zero-order chi connectivity index (χ0) is 22.5. The Balaban J connectivity index is 1.63. The van der Waals surface area contributed by atoms with E-state index in [1.165, 1.54) is 0 Å². The lowest BCUT2D eigenvalue weighted by Crippen LogP contribution is -2.34. The monoisotopic (exact) mass is 426 g/mol. The number of hydrogen-bond acceptors (Lipinski definition) is 5. The first-order valence-electron chi connectivity index (χ1n) is 10.4. The molecule has 0 bridgehead atoms. The van der Waals surface area contributed by atoms with Crippen LogP contribution >= 0.6 is 0 Å². The summed E-state index contributed by atoms with van der Waals surface area (Å²) < 4.78 is 16.2. The predicted octanol–water partition coefficient (Wildman–Crippen LogP) is 3.72. The Morgan fingerprint density at radius 3 is 2.32 bits per heavy atom. The van der Waals surface area contributed by atoms with Crippen molar-refractivity contribution in [3.63, 3.8) is 0 Å². The van der Waals surface area contributed by atoms with Gasteiger partial charge in [-0.3, -0.25) is 9.59 Å². The lowest BCUT2D eigenvalue weighted by Gasteiger charge is -2.20. The average molecular weight is 427 g/mol. The van der Waals surface area contributed by atoms with E-state index in [0.29, 0.717) is 23.7 Å². The summed E-state index contributed by atoms with van der Waals surface area (Å²) in [6.07, 6.45) is 0.283. The van der Waals surface area contributed by atoms with Gasteiger partial charge in [0.2, 0.25) is 11.8 Å². The van der Waals surface area contributed by atoms with Gasteiger partial charge < -0.3 is 24.4 Å². The molecule has 0 aliphatic carbocycles. The molecule has 0 aromatic heterocycles. The summed E-state index contributed by atoms with van der Waals surface area (Å²) in [6, 6.07) is 12.8. The first-order chi connectivity index (χ1) is 14.8. The van der Waals surface area contributed by atoms with Crippen molar-refractivity contribution < 1.29 is 23.8 Å². The number of amides is 2. The molecule has 2 unspecified atom stereocenters. The quantitative estimate of drug-likeness (QED) is 0.696. The maximum absolute atomic E-state index is 12.8. The van der Waals surface area contributed by atoms with Crippen LogP contribution in [0.5, 0.6) is 17.2 Å². The highest BCUT2D eigenvalue weighted by atomic mass is 16.5. The third kappa shape index (κ3) is 5.29. The van der Waals surface area contributed by atoms with Crippen LogP contribution in [0.25, 0.3) is 0 Å². The molecule has 31 heavy (non-hydrogen) atoms. The van der Waals surface area contributed by atoms with E-state index in [1.54, 1.807) is 37.3 Å². The zero-order valence-electron chi connectivity index (χ0n) is 18.7. The average Bonchev–Trinajstić information content (AvgIpc) is 3.15. The minimum atomic E-state index is -0.411. The van der Waals surface area contributed by atoms with Gasteiger partial charge in [-0.1, -0.05) is 12.1 Å². The van der Waals surface area contributed by atoms with Crippen molar-refractivity contribution in [2.75, 3.05) is 25.7 Å². The van der Waals surface area contributed by atoms with Crippen LogP contribution in [0.4, 0.5) is 5.69 Å². The Morgan fingerprint density at radius 2 is 1.71 bits per heavy atom. The van der Waals surface area contributed by atoms with Crippen LogP contribution in [0, 0.1) is 5.92 Å². The molecule has 1 heterocycles. The second kappa shape index (κ2) is 9.73.